The molecule has 3 aliphatic carbocycles. The van der Waals surface area contributed by atoms with E-state index in [1.165, 1.54) is 44.1 Å². The molecular weight excluding hydrogens is 472 g/mol. The Kier molecular flexibility index (Phi) is 9.53. The van der Waals surface area contributed by atoms with Gasteiger partial charge in [0.25, 0.3) is 0 Å². The summed E-state index contributed by atoms with van der Waals surface area (Å²) >= 11 is 0. The van der Waals surface area contributed by atoms with Crippen LogP contribution in [0.15, 0.2) is 35.5 Å². The molecule has 3 nitrogen and oxygen atoms in total. The first-order valence-electron chi connectivity index (χ1n) is 15.1. The quantitative estimate of drug-likeness (QED) is 0.308. The van der Waals surface area contributed by atoms with Gasteiger partial charge < -0.3 is 14.6 Å². The van der Waals surface area contributed by atoms with Crippen molar-refractivity contribution in [2.24, 2.45) is 23.2 Å². The molecule has 212 valence electrons. The molecule has 3 saturated carbocycles. The predicted octanol–water partition coefficient (Wildman–Crippen LogP) is 8.73. The van der Waals surface area contributed by atoms with Crippen molar-refractivity contribution in [2.45, 2.75) is 149 Å². The fourth-order valence-corrected chi connectivity index (χ4v) is 8.67. The molecule has 0 radical (unpaired) electrons. The van der Waals surface area contributed by atoms with Crippen molar-refractivity contribution in [2.75, 3.05) is 0 Å². The molecule has 0 bridgehead atoms. The van der Waals surface area contributed by atoms with Gasteiger partial charge in [0.1, 0.15) is 0 Å². The van der Waals surface area contributed by atoms with Gasteiger partial charge in [-0.1, -0.05) is 71.8 Å². The third kappa shape index (κ3) is 7.29. The second-order valence-electron chi connectivity index (χ2n) is 15.2. The first-order chi connectivity index (χ1) is 16.9. The van der Waals surface area contributed by atoms with Crippen LogP contribution < -0.4 is 0 Å². The highest BCUT2D eigenvalue weighted by Gasteiger charge is 2.50. The van der Waals surface area contributed by atoms with Crippen molar-refractivity contribution in [3.05, 3.63) is 35.5 Å². The molecular formula is C33H58O3Si. The van der Waals surface area contributed by atoms with E-state index in [2.05, 4.69) is 66.4 Å². The van der Waals surface area contributed by atoms with Crippen molar-refractivity contribution in [3.8, 4) is 0 Å². The van der Waals surface area contributed by atoms with E-state index >= 15 is 0 Å². The zero-order valence-corrected chi connectivity index (χ0v) is 26.6. The lowest BCUT2D eigenvalue weighted by Gasteiger charge is -2.44. The van der Waals surface area contributed by atoms with Crippen LogP contribution in [-0.4, -0.2) is 36.3 Å². The molecule has 0 heterocycles. The number of fused-ring (bicyclic) bond motifs is 1. The van der Waals surface area contributed by atoms with E-state index in [4.69, 9.17) is 4.43 Å². The van der Waals surface area contributed by atoms with Gasteiger partial charge in [0.05, 0.1) is 17.8 Å². The maximum Gasteiger partial charge on any atom is 0.192 e. The van der Waals surface area contributed by atoms with Gasteiger partial charge in [-0.15, -0.1) is 0 Å². The standard InChI is InChI=1S/C33H58O3Si/c1-23(13-11-19-32(6,7)35)28-17-18-29-25(14-12-20-33(28,29)8)15-16-26-21-27(34)22-30(24(26)2)36-37(9,10)31(3,4)5/h15-16,23,27-30,34-35H,2,11-14,17-22H2,1,3-10H3/b25-15-,26-16+/t23-,27-,28-,29+,30+,33-/m1/s1. The number of hydrogen-bond donors (Lipinski definition) is 2. The fraction of sp³-hybridized carbons (Fsp3) is 0.818. The molecule has 0 saturated heterocycles. The summed E-state index contributed by atoms with van der Waals surface area (Å²) in [6.45, 7) is 24.7. The molecule has 4 heteroatoms. The summed E-state index contributed by atoms with van der Waals surface area (Å²) in [6, 6.07) is 0. The summed E-state index contributed by atoms with van der Waals surface area (Å²) in [5.74, 6) is 2.14. The van der Waals surface area contributed by atoms with Crippen molar-refractivity contribution in [3.63, 3.8) is 0 Å². The molecule has 3 aliphatic rings. The van der Waals surface area contributed by atoms with E-state index in [1.54, 1.807) is 5.57 Å². The Hall–Kier alpha value is -0.683. The highest BCUT2D eigenvalue weighted by molar-refractivity contribution is 6.74. The first-order valence-corrected chi connectivity index (χ1v) is 18.0. The molecule has 0 unspecified atom stereocenters. The van der Waals surface area contributed by atoms with E-state index in [-0.39, 0.29) is 17.2 Å². The maximum absolute atomic E-state index is 10.7. The lowest BCUT2D eigenvalue weighted by Crippen LogP contribution is -2.46. The van der Waals surface area contributed by atoms with E-state index in [1.807, 2.05) is 13.8 Å². The third-order valence-corrected chi connectivity index (χ3v) is 15.1. The molecule has 0 spiro atoms. The fourth-order valence-electron chi connectivity index (χ4n) is 7.37. The van der Waals surface area contributed by atoms with Crippen LogP contribution >= 0.6 is 0 Å². The van der Waals surface area contributed by atoms with Gasteiger partial charge in [-0.25, -0.2) is 0 Å². The normalized spacial score (nSPS) is 34.7. The van der Waals surface area contributed by atoms with Crippen LogP contribution in [0.3, 0.4) is 0 Å². The van der Waals surface area contributed by atoms with Crippen LogP contribution in [-0.2, 0) is 4.43 Å². The minimum absolute atomic E-state index is 0.0773. The lowest BCUT2D eigenvalue weighted by molar-refractivity contribution is 0.0596. The lowest BCUT2D eigenvalue weighted by atomic mass is 9.60. The summed E-state index contributed by atoms with van der Waals surface area (Å²) in [5, 5.41) is 21.0. The Balaban J connectivity index is 1.73. The van der Waals surface area contributed by atoms with Gasteiger partial charge in [0, 0.05) is 6.42 Å². The van der Waals surface area contributed by atoms with Crippen LogP contribution in [0.25, 0.3) is 0 Å². The zero-order valence-electron chi connectivity index (χ0n) is 25.6. The second-order valence-corrected chi connectivity index (χ2v) is 20.0. The average Bonchev–Trinajstić information content (AvgIpc) is 3.10. The van der Waals surface area contributed by atoms with Gasteiger partial charge >= 0.3 is 0 Å². The van der Waals surface area contributed by atoms with Crippen molar-refractivity contribution >= 4 is 8.32 Å². The Morgan fingerprint density at radius 2 is 1.84 bits per heavy atom. The minimum Gasteiger partial charge on any atom is -0.410 e. The number of rotatable bonds is 8. The Morgan fingerprint density at radius 3 is 2.46 bits per heavy atom. The van der Waals surface area contributed by atoms with Crippen LogP contribution in [0.5, 0.6) is 0 Å². The van der Waals surface area contributed by atoms with Gasteiger partial charge in [-0.05, 0) is 111 Å². The van der Waals surface area contributed by atoms with Crippen LogP contribution in [0.2, 0.25) is 18.1 Å². The Morgan fingerprint density at radius 1 is 1.16 bits per heavy atom. The van der Waals surface area contributed by atoms with Gasteiger partial charge in [0.15, 0.2) is 8.32 Å². The predicted molar refractivity (Wildman–Crippen MR) is 160 cm³/mol. The second kappa shape index (κ2) is 11.4. The SMILES string of the molecule is C=C1/C(=C/C=C2/CCC[C@]3(C)[C@@H]([C@H](C)CCCC(C)(C)O)CC[C@@H]23)C[C@@H](O)C[C@@H]1O[Si](C)(C)C(C)(C)C. The Labute approximate surface area is 230 Å². The highest BCUT2D eigenvalue weighted by Crippen LogP contribution is 2.60. The van der Waals surface area contributed by atoms with E-state index in [9.17, 15) is 10.2 Å². The van der Waals surface area contributed by atoms with Crippen LogP contribution in [0, 0.1) is 23.2 Å². The molecule has 0 aromatic rings. The monoisotopic (exact) mass is 530 g/mol. The molecule has 2 N–H and O–H groups in total. The summed E-state index contributed by atoms with van der Waals surface area (Å²) in [5.41, 5.74) is 3.70. The highest BCUT2D eigenvalue weighted by atomic mass is 28.4. The first kappa shape index (κ1) is 30.9. The summed E-state index contributed by atoms with van der Waals surface area (Å²) < 4.78 is 6.73. The largest absolute Gasteiger partial charge is 0.410 e. The van der Waals surface area contributed by atoms with Gasteiger partial charge in [-0.2, -0.15) is 0 Å². The van der Waals surface area contributed by atoms with E-state index < -0.39 is 13.9 Å². The summed E-state index contributed by atoms with van der Waals surface area (Å²) in [7, 11) is -1.94. The van der Waals surface area contributed by atoms with Gasteiger partial charge in [-0.3, -0.25) is 0 Å². The smallest absolute Gasteiger partial charge is 0.192 e. The number of aliphatic hydroxyl groups excluding tert-OH is 1. The van der Waals surface area contributed by atoms with Crippen molar-refractivity contribution in [1.82, 2.24) is 0 Å². The average molecular weight is 531 g/mol. The molecule has 0 aromatic heterocycles. The zero-order chi connectivity index (χ0) is 27.8. The molecule has 0 aliphatic heterocycles. The van der Waals surface area contributed by atoms with Crippen molar-refractivity contribution < 1.29 is 14.6 Å². The topological polar surface area (TPSA) is 49.7 Å². The van der Waals surface area contributed by atoms with Crippen LogP contribution in [0.1, 0.15) is 113 Å². The molecule has 3 fully saturated rings. The maximum atomic E-state index is 10.7. The number of aliphatic hydroxyl groups is 2. The summed E-state index contributed by atoms with van der Waals surface area (Å²) in [4.78, 5) is 0. The number of allylic oxidation sites excluding steroid dienone is 3. The summed E-state index contributed by atoms with van der Waals surface area (Å²) in [6.07, 6.45) is 15.2. The molecule has 37 heavy (non-hydrogen) atoms. The molecule has 0 aromatic carbocycles. The third-order valence-electron chi connectivity index (χ3n) is 10.7. The molecule has 6 atom stereocenters. The van der Waals surface area contributed by atoms with Crippen LogP contribution in [0.4, 0.5) is 0 Å². The Bertz CT molecular complexity index is 871. The van der Waals surface area contributed by atoms with E-state index in [0.717, 1.165) is 24.3 Å². The molecule has 0 amide bonds. The van der Waals surface area contributed by atoms with Crippen molar-refractivity contribution in [1.29, 1.82) is 0 Å². The molecule has 3 rings (SSSR count). The van der Waals surface area contributed by atoms with E-state index in [0.29, 0.717) is 30.1 Å². The van der Waals surface area contributed by atoms with Gasteiger partial charge in [0.2, 0.25) is 0 Å². The minimum atomic E-state index is -1.94. The number of hydrogen-bond acceptors (Lipinski definition) is 3.